The minimum Gasteiger partial charge on any atom is -0.351 e. The lowest BCUT2D eigenvalue weighted by Crippen LogP contribution is -2.27. The van der Waals surface area contributed by atoms with Crippen molar-refractivity contribution in [2.75, 3.05) is 6.54 Å². The zero-order valence-electron chi connectivity index (χ0n) is 13.7. The Bertz CT molecular complexity index is 799. The standard InChI is InChI=1S/C14H16BrClF3N5O/c1-7-9(15)8(2)24(21-7)6-4-5-20-13(25)11-10(16)12(14(17,18)19)22-23(11)3/h4-6H2,1-3H3,(H,20,25). The van der Waals surface area contributed by atoms with Crippen LogP contribution < -0.4 is 5.32 Å². The van der Waals surface area contributed by atoms with Gasteiger partial charge < -0.3 is 5.32 Å². The topological polar surface area (TPSA) is 64.7 Å². The Balaban J connectivity index is 1.97. The summed E-state index contributed by atoms with van der Waals surface area (Å²) in [6, 6.07) is 0. The van der Waals surface area contributed by atoms with Crippen LogP contribution in [0.15, 0.2) is 4.47 Å². The van der Waals surface area contributed by atoms with Crippen LogP contribution in [0.25, 0.3) is 0 Å². The van der Waals surface area contributed by atoms with E-state index in [0.717, 1.165) is 20.5 Å². The van der Waals surface area contributed by atoms with E-state index >= 15 is 0 Å². The molecule has 0 fully saturated rings. The zero-order valence-corrected chi connectivity index (χ0v) is 16.1. The first-order valence-electron chi connectivity index (χ1n) is 7.31. The molecular formula is C14H16BrClF3N5O. The average molecular weight is 443 g/mol. The molecule has 138 valence electrons. The van der Waals surface area contributed by atoms with E-state index in [-0.39, 0.29) is 12.2 Å². The van der Waals surface area contributed by atoms with E-state index in [4.69, 9.17) is 11.6 Å². The van der Waals surface area contributed by atoms with Crippen molar-refractivity contribution >= 4 is 33.4 Å². The van der Waals surface area contributed by atoms with E-state index in [1.165, 1.54) is 7.05 Å². The molecule has 0 atom stereocenters. The van der Waals surface area contributed by atoms with Crippen LogP contribution in [0.5, 0.6) is 0 Å². The van der Waals surface area contributed by atoms with E-state index in [2.05, 4.69) is 31.4 Å². The maximum Gasteiger partial charge on any atom is 0.436 e. The molecule has 0 saturated carbocycles. The van der Waals surface area contributed by atoms with Crippen LogP contribution in [0.3, 0.4) is 0 Å². The second-order valence-electron chi connectivity index (χ2n) is 5.45. The highest BCUT2D eigenvalue weighted by Crippen LogP contribution is 2.35. The number of nitrogens with one attached hydrogen (secondary N) is 1. The van der Waals surface area contributed by atoms with Gasteiger partial charge in [-0.1, -0.05) is 11.6 Å². The van der Waals surface area contributed by atoms with Gasteiger partial charge >= 0.3 is 6.18 Å². The van der Waals surface area contributed by atoms with Gasteiger partial charge in [0.25, 0.3) is 5.91 Å². The Labute approximate surface area is 155 Å². The summed E-state index contributed by atoms with van der Waals surface area (Å²) in [5, 5.41) is 9.48. The molecule has 0 radical (unpaired) electrons. The van der Waals surface area contributed by atoms with Crippen LogP contribution in [0.1, 0.15) is 34.0 Å². The summed E-state index contributed by atoms with van der Waals surface area (Å²) in [5.41, 5.74) is 0.244. The first kappa shape index (κ1) is 19.8. The van der Waals surface area contributed by atoms with E-state index in [9.17, 15) is 18.0 Å². The van der Waals surface area contributed by atoms with Gasteiger partial charge in [-0.05, 0) is 36.2 Å². The van der Waals surface area contributed by atoms with Crippen molar-refractivity contribution in [3.8, 4) is 0 Å². The number of hydrogen-bond donors (Lipinski definition) is 1. The fourth-order valence-electron chi connectivity index (χ4n) is 2.33. The number of carbonyl (C=O) groups excluding carboxylic acids is 1. The molecule has 1 amide bonds. The lowest BCUT2D eigenvalue weighted by Gasteiger charge is -2.07. The van der Waals surface area contributed by atoms with Gasteiger partial charge in [-0.3, -0.25) is 14.2 Å². The lowest BCUT2D eigenvalue weighted by molar-refractivity contribution is -0.141. The molecule has 0 unspecified atom stereocenters. The van der Waals surface area contributed by atoms with Crippen molar-refractivity contribution in [2.45, 2.75) is 33.0 Å². The summed E-state index contributed by atoms with van der Waals surface area (Å²) in [4.78, 5) is 12.1. The first-order chi connectivity index (χ1) is 11.5. The maximum absolute atomic E-state index is 12.8. The van der Waals surface area contributed by atoms with Crippen LogP contribution in [0.4, 0.5) is 13.2 Å². The van der Waals surface area contributed by atoms with Crippen molar-refractivity contribution in [3.05, 3.63) is 32.3 Å². The van der Waals surface area contributed by atoms with Crippen LogP contribution in [0.2, 0.25) is 5.02 Å². The highest BCUT2D eigenvalue weighted by Gasteiger charge is 2.39. The Kier molecular flexibility index (Phi) is 5.82. The van der Waals surface area contributed by atoms with Crippen molar-refractivity contribution < 1.29 is 18.0 Å². The number of carbonyl (C=O) groups is 1. The Hall–Kier alpha value is -1.55. The van der Waals surface area contributed by atoms with Crippen molar-refractivity contribution in [3.63, 3.8) is 0 Å². The summed E-state index contributed by atoms with van der Waals surface area (Å²) >= 11 is 9.10. The summed E-state index contributed by atoms with van der Waals surface area (Å²) < 4.78 is 41.9. The number of halogens is 5. The molecule has 0 spiro atoms. The Morgan fingerprint density at radius 1 is 1.32 bits per heavy atom. The minimum absolute atomic E-state index is 0.262. The highest BCUT2D eigenvalue weighted by molar-refractivity contribution is 9.10. The van der Waals surface area contributed by atoms with Crippen LogP contribution in [-0.4, -0.2) is 32.0 Å². The molecule has 0 aliphatic heterocycles. The molecule has 2 rings (SSSR count). The quantitative estimate of drug-likeness (QED) is 0.721. The average Bonchev–Trinajstić information content (AvgIpc) is 2.94. The molecule has 6 nitrogen and oxygen atoms in total. The smallest absolute Gasteiger partial charge is 0.351 e. The van der Waals surface area contributed by atoms with Gasteiger partial charge in [-0.25, -0.2) is 0 Å². The molecule has 0 saturated heterocycles. The summed E-state index contributed by atoms with van der Waals surface area (Å²) in [7, 11) is 1.24. The van der Waals surface area contributed by atoms with E-state index in [1.54, 1.807) is 4.68 Å². The highest BCUT2D eigenvalue weighted by atomic mass is 79.9. The van der Waals surface area contributed by atoms with Gasteiger partial charge in [0.2, 0.25) is 0 Å². The van der Waals surface area contributed by atoms with Crippen LogP contribution >= 0.6 is 27.5 Å². The number of rotatable bonds is 5. The molecule has 0 aromatic carbocycles. The number of aromatic nitrogens is 4. The SMILES string of the molecule is Cc1nn(CCCNC(=O)c2c(Cl)c(C(F)(F)F)nn2C)c(C)c1Br. The first-order valence-corrected chi connectivity index (χ1v) is 8.48. The largest absolute Gasteiger partial charge is 0.436 e. The van der Waals surface area contributed by atoms with Gasteiger partial charge in [0.05, 0.1) is 10.2 Å². The minimum atomic E-state index is -4.71. The second-order valence-corrected chi connectivity index (χ2v) is 6.62. The number of aryl methyl sites for hydroxylation is 3. The van der Waals surface area contributed by atoms with Crippen molar-refractivity contribution in [1.29, 1.82) is 0 Å². The second kappa shape index (κ2) is 7.36. The third-order valence-corrected chi connectivity index (χ3v) is 5.10. The molecule has 2 heterocycles. The predicted molar refractivity (Wildman–Crippen MR) is 89.6 cm³/mol. The number of alkyl halides is 3. The number of hydrogen-bond acceptors (Lipinski definition) is 3. The molecule has 0 bridgehead atoms. The fraction of sp³-hybridized carbons (Fsp3) is 0.500. The monoisotopic (exact) mass is 441 g/mol. The summed E-state index contributed by atoms with van der Waals surface area (Å²) in [6.07, 6.45) is -4.15. The van der Waals surface area contributed by atoms with Gasteiger partial charge in [0, 0.05) is 25.8 Å². The number of amides is 1. The summed E-state index contributed by atoms with van der Waals surface area (Å²) in [5.74, 6) is -0.704. The van der Waals surface area contributed by atoms with Gasteiger partial charge in [0.15, 0.2) is 5.69 Å². The number of nitrogens with zero attached hydrogens (tertiary/aromatic N) is 4. The van der Waals surface area contributed by atoms with Gasteiger partial charge in [0.1, 0.15) is 10.7 Å². The molecule has 11 heteroatoms. The van der Waals surface area contributed by atoms with Gasteiger partial charge in [-0.2, -0.15) is 23.4 Å². The van der Waals surface area contributed by atoms with Crippen LogP contribution in [0, 0.1) is 13.8 Å². The predicted octanol–water partition coefficient (Wildman–Crippen LogP) is 3.49. The molecule has 0 aliphatic rings. The molecule has 1 N–H and O–H groups in total. The van der Waals surface area contributed by atoms with E-state index in [0.29, 0.717) is 13.0 Å². The zero-order chi connectivity index (χ0) is 18.9. The van der Waals surface area contributed by atoms with Crippen molar-refractivity contribution in [1.82, 2.24) is 24.9 Å². The third kappa shape index (κ3) is 4.17. The van der Waals surface area contributed by atoms with E-state index < -0.39 is 22.8 Å². The fourth-order valence-corrected chi connectivity index (χ4v) is 2.97. The normalized spacial score (nSPS) is 11.8. The molecular weight excluding hydrogens is 427 g/mol. The lowest BCUT2D eigenvalue weighted by atomic mass is 10.3. The molecule has 25 heavy (non-hydrogen) atoms. The Morgan fingerprint density at radius 3 is 2.44 bits per heavy atom. The summed E-state index contributed by atoms with van der Waals surface area (Å²) in [6.45, 7) is 4.61. The van der Waals surface area contributed by atoms with Gasteiger partial charge in [-0.15, -0.1) is 0 Å². The Morgan fingerprint density at radius 2 is 1.96 bits per heavy atom. The maximum atomic E-state index is 12.8. The molecule has 2 aromatic rings. The van der Waals surface area contributed by atoms with Crippen molar-refractivity contribution in [2.24, 2.45) is 7.05 Å². The van der Waals surface area contributed by atoms with E-state index in [1.807, 2.05) is 13.8 Å². The molecule has 2 aromatic heterocycles. The third-order valence-electron chi connectivity index (χ3n) is 3.60. The molecule has 0 aliphatic carbocycles. The van der Waals surface area contributed by atoms with Crippen LogP contribution in [-0.2, 0) is 19.8 Å².